The van der Waals surface area contributed by atoms with Crippen molar-refractivity contribution in [3.8, 4) is 0 Å². The molecular formula is C30H28F3N3O. The summed E-state index contributed by atoms with van der Waals surface area (Å²) in [6.07, 6.45) is -1.42. The summed E-state index contributed by atoms with van der Waals surface area (Å²) < 4.78 is 39.9. The second-order valence-corrected chi connectivity index (χ2v) is 9.58. The number of nitrogens with zero attached hydrogens (tertiary/aromatic N) is 2. The first-order chi connectivity index (χ1) is 17.8. The summed E-state index contributed by atoms with van der Waals surface area (Å²) in [6, 6.07) is 24.1. The zero-order valence-electron chi connectivity index (χ0n) is 20.5. The van der Waals surface area contributed by atoms with Crippen LogP contribution in [-0.2, 0) is 6.18 Å². The van der Waals surface area contributed by atoms with Crippen LogP contribution in [0.2, 0.25) is 0 Å². The number of carbonyl (C=O) groups excluding carboxylic acids is 1. The maximum absolute atomic E-state index is 13.6. The first kappa shape index (κ1) is 24.8. The highest BCUT2D eigenvalue weighted by Gasteiger charge is 2.34. The van der Waals surface area contributed by atoms with Gasteiger partial charge in [-0.25, -0.2) is 4.98 Å². The standard InChI is InChI=1S/C30H28F3N3O/c1-20-18-28(35-27-13-6-5-12-26(20)27)34-23-14-16-25(17-15-23)36(24-10-3-2-4-11-24)29(37)21-8-7-9-22(19-21)30(31,32)33/h2-13,18-19,23,25H,14-17H2,1H3,(H,34,35). The van der Waals surface area contributed by atoms with Gasteiger partial charge in [0.15, 0.2) is 0 Å². The number of anilines is 2. The van der Waals surface area contributed by atoms with E-state index < -0.39 is 17.6 Å². The number of hydrogen-bond donors (Lipinski definition) is 1. The van der Waals surface area contributed by atoms with Gasteiger partial charge in [0.2, 0.25) is 0 Å². The van der Waals surface area contributed by atoms with Crippen molar-refractivity contribution in [3.05, 3.63) is 102 Å². The molecule has 0 saturated heterocycles. The molecule has 190 valence electrons. The normalized spacial score (nSPS) is 17.9. The molecule has 3 aromatic carbocycles. The van der Waals surface area contributed by atoms with E-state index in [0.717, 1.165) is 60.1 Å². The molecule has 1 N–H and O–H groups in total. The van der Waals surface area contributed by atoms with E-state index in [1.807, 2.05) is 48.5 Å². The van der Waals surface area contributed by atoms with Gasteiger partial charge in [-0.3, -0.25) is 4.79 Å². The summed E-state index contributed by atoms with van der Waals surface area (Å²) in [4.78, 5) is 20.0. The van der Waals surface area contributed by atoms with Crippen molar-refractivity contribution in [2.24, 2.45) is 0 Å². The van der Waals surface area contributed by atoms with Gasteiger partial charge in [-0.2, -0.15) is 13.2 Å². The number of amides is 1. The van der Waals surface area contributed by atoms with Crippen LogP contribution in [0, 0.1) is 6.92 Å². The van der Waals surface area contributed by atoms with Crippen LogP contribution in [0.3, 0.4) is 0 Å². The number of hydrogen-bond acceptors (Lipinski definition) is 3. The summed E-state index contributed by atoms with van der Waals surface area (Å²) >= 11 is 0. The van der Waals surface area contributed by atoms with Gasteiger partial charge in [-0.05, 0) is 80.6 Å². The summed E-state index contributed by atoms with van der Waals surface area (Å²) in [7, 11) is 0. The summed E-state index contributed by atoms with van der Waals surface area (Å²) in [5.41, 5.74) is 2.00. The number of para-hydroxylation sites is 2. The average Bonchev–Trinajstić information content (AvgIpc) is 2.90. The molecule has 1 fully saturated rings. The lowest BCUT2D eigenvalue weighted by molar-refractivity contribution is -0.137. The van der Waals surface area contributed by atoms with Crippen LogP contribution in [-0.4, -0.2) is 23.0 Å². The van der Waals surface area contributed by atoms with E-state index in [9.17, 15) is 18.0 Å². The number of aromatic nitrogens is 1. The molecule has 1 heterocycles. The molecule has 7 heteroatoms. The van der Waals surface area contributed by atoms with Crippen molar-refractivity contribution in [2.75, 3.05) is 10.2 Å². The van der Waals surface area contributed by atoms with Gasteiger partial charge in [-0.1, -0.05) is 42.5 Å². The fourth-order valence-corrected chi connectivity index (χ4v) is 5.16. The number of fused-ring (bicyclic) bond motifs is 1. The van der Waals surface area contributed by atoms with Gasteiger partial charge in [0.1, 0.15) is 5.82 Å². The molecule has 1 aliphatic carbocycles. The van der Waals surface area contributed by atoms with Gasteiger partial charge < -0.3 is 10.2 Å². The number of nitrogens with one attached hydrogen (secondary N) is 1. The second-order valence-electron chi connectivity index (χ2n) is 9.58. The van der Waals surface area contributed by atoms with Crippen LogP contribution in [0.4, 0.5) is 24.7 Å². The molecule has 5 rings (SSSR count). The predicted octanol–water partition coefficient (Wildman–Crippen LogP) is 7.63. The van der Waals surface area contributed by atoms with E-state index >= 15 is 0 Å². The molecule has 1 aromatic heterocycles. The lowest BCUT2D eigenvalue weighted by atomic mass is 9.89. The number of alkyl halides is 3. The maximum Gasteiger partial charge on any atom is 0.416 e. The zero-order chi connectivity index (χ0) is 26.0. The third-order valence-electron chi connectivity index (χ3n) is 7.03. The van der Waals surface area contributed by atoms with E-state index in [2.05, 4.69) is 24.4 Å². The third-order valence-corrected chi connectivity index (χ3v) is 7.03. The van der Waals surface area contributed by atoms with Crippen molar-refractivity contribution in [1.29, 1.82) is 0 Å². The summed E-state index contributed by atoms with van der Waals surface area (Å²) in [5.74, 6) is 0.417. The Bertz CT molecular complexity index is 1400. The van der Waals surface area contributed by atoms with Crippen LogP contribution in [0.5, 0.6) is 0 Å². The van der Waals surface area contributed by atoms with Gasteiger partial charge in [-0.15, -0.1) is 0 Å². The first-order valence-electron chi connectivity index (χ1n) is 12.5. The highest BCUT2D eigenvalue weighted by molar-refractivity contribution is 6.06. The third kappa shape index (κ3) is 5.45. The molecule has 0 spiro atoms. The largest absolute Gasteiger partial charge is 0.416 e. The van der Waals surface area contributed by atoms with E-state index in [1.54, 1.807) is 4.90 Å². The minimum Gasteiger partial charge on any atom is -0.367 e. The average molecular weight is 504 g/mol. The van der Waals surface area contributed by atoms with Crippen LogP contribution in [0.1, 0.15) is 47.2 Å². The monoisotopic (exact) mass is 503 g/mol. The molecule has 0 atom stereocenters. The Balaban J connectivity index is 1.34. The van der Waals surface area contributed by atoms with E-state index in [1.165, 1.54) is 12.1 Å². The van der Waals surface area contributed by atoms with Gasteiger partial charge in [0, 0.05) is 28.7 Å². The topological polar surface area (TPSA) is 45.2 Å². The van der Waals surface area contributed by atoms with Gasteiger partial charge in [0.25, 0.3) is 5.91 Å². The predicted molar refractivity (Wildman–Crippen MR) is 141 cm³/mol. The number of rotatable bonds is 5. The number of carbonyl (C=O) groups is 1. The van der Waals surface area contributed by atoms with Crippen molar-refractivity contribution >= 4 is 28.3 Å². The number of halogens is 3. The first-order valence-corrected chi connectivity index (χ1v) is 12.5. The second kappa shape index (κ2) is 10.2. The van der Waals surface area contributed by atoms with Crippen LogP contribution in [0.25, 0.3) is 10.9 Å². The van der Waals surface area contributed by atoms with E-state index in [0.29, 0.717) is 5.69 Å². The minimum atomic E-state index is -4.51. The highest BCUT2D eigenvalue weighted by Crippen LogP contribution is 2.33. The summed E-state index contributed by atoms with van der Waals surface area (Å²) in [5, 5.41) is 4.69. The Morgan fingerprint density at radius 1 is 0.892 bits per heavy atom. The SMILES string of the molecule is Cc1cc(NC2CCC(N(C(=O)c3cccc(C(F)(F)F)c3)c3ccccc3)CC2)nc2ccccc12. The molecule has 1 aliphatic rings. The quantitative estimate of drug-likeness (QED) is 0.305. The molecule has 1 saturated carbocycles. The molecule has 0 bridgehead atoms. The van der Waals surface area contributed by atoms with E-state index in [-0.39, 0.29) is 17.6 Å². The Labute approximate surface area is 214 Å². The highest BCUT2D eigenvalue weighted by atomic mass is 19.4. The Morgan fingerprint density at radius 3 is 2.32 bits per heavy atom. The van der Waals surface area contributed by atoms with Crippen LogP contribution in [0.15, 0.2) is 84.9 Å². The van der Waals surface area contributed by atoms with Crippen LogP contribution < -0.4 is 10.2 Å². The molecule has 4 aromatic rings. The lowest BCUT2D eigenvalue weighted by Crippen LogP contribution is -2.44. The molecule has 37 heavy (non-hydrogen) atoms. The fraction of sp³-hybridized carbons (Fsp3) is 0.267. The van der Waals surface area contributed by atoms with E-state index in [4.69, 9.17) is 4.98 Å². The van der Waals surface area contributed by atoms with Gasteiger partial charge >= 0.3 is 6.18 Å². The Kier molecular flexibility index (Phi) is 6.87. The van der Waals surface area contributed by atoms with Crippen molar-refractivity contribution in [1.82, 2.24) is 4.98 Å². The molecule has 0 radical (unpaired) electrons. The summed E-state index contributed by atoms with van der Waals surface area (Å²) in [6.45, 7) is 2.07. The van der Waals surface area contributed by atoms with Crippen LogP contribution >= 0.6 is 0 Å². The maximum atomic E-state index is 13.6. The smallest absolute Gasteiger partial charge is 0.367 e. The fourth-order valence-electron chi connectivity index (χ4n) is 5.16. The molecule has 1 amide bonds. The van der Waals surface area contributed by atoms with Crippen molar-refractivity contribution < 1.29 is 18.0 Å². The zero-order valence-corrected chi connectivity index (χ0v) is 20.5. The van der Waals surface area contributed by atoms with Crippen molar-refractivity contribution in [3.63, 3.8) is 0 Å². The molecule has 4 nitrogen and oxygen atoms in total. The number of benzene rings is 3. The lowest BCUT2D eigenvalue weighted by Gasteiger charge is -2.37. The number of pyridine rings is 1. The molecule has 0 aliphatic heterocycles. The molecule has 0 unspecified atom stereocenters. The molecular weight excluding hydrogens is 475 g/mol. The van der Waals surface area contributed by atoms with Crippen molar-refractivity contribution in [2.45, 2.75) is 50.9 Å². The number of aryl methyl sites for hydroxylation is 1. The Hall–Kier alpha value is -3.87. The minimum absolute atomic E-state index is 0.0368. The van der Waals surface area contributed by atoms with Gasteiger partial charge in [0.05, 0.1) is 11.1 Å². The Morgan fingerprint density at radius 2 is 1.59 bits per heavy atom.